The topological polar surface area (TPSA) is 92.3 Å². The average molecular weight is 378 g/mol. The molecule has 2 rings (SSSR count). The Labute approximate surface area is 151 Å². The van der Waals surface area contributed by atoms with Gasteiger partial charge in [-0.2, -0.15) is 0 Å². The molecule has 138 valence electrons. The third kappa shape index (κ3) is 5.75. The van der Waals surface area contributed by atoms with Gasteiger partial charge in [0.2, 0.25) is 15.9 Å². The van der Waals surface area contributed by atoms with Crippen LogP contribution < -0.4 is 10.0 Å². The molecule has 0 atom stereocenters. The van der Waals surface area contributed by atoms with E-state index < -0.39 is 15.8 Å². The van der Waals surface area contributed by atoms with Gasteiger partial charge >= 0.3 is 0 Å². The van der Waals surface area contributed by atoms with Gasteiger partial charge in [-0.1, -0.05) is 24.3 Å². The fourth-order valence-electron chi connectivity index (χ4n) is 2.23. The highest BCUT2D eigenvalue weighted by molar-refractivity contribution is 7.89. The Balaban J connectivity index is 1.81. The minimum absolute atomic E-state index is 0.00564. The normalized spacial score (nSPS) is 11.2. The average Bonchev–Trinajstić information content (AvgIpc) is 2.59. The molecule has 2 aromatic rings. The maximum atomic E-state index is 13.1. The molecule has 2 N–H and O–H groups in total. The number of carbonyl (C=O) groups is 2. The lowest BCUT2D eigenvalue weighted by Gasteiger charge is -2.08. The predicted octanol–water partition coefficient (Wildman–Crippen LogP) is 1.67. The molecule has 8 heteroatoms. The Kier molecular flexibility index (Phi) is 6.59. The zero-order valence-electron chi connectivity index (χ0n) is 14.2. The van der Waals surface area contributed by atoms with E-state index in [9.17, 15) is 22.4 Å². The van der Waals surface area contributed by atoms with Crippen molar-refractivity contribution in [3.63, 3.8) is 0 Å². The SMILES string of the molecule is CC(=O)c1ccc(S(=O)(=O)NCCNC(=O)Cc2cccc(F)c2)cc1. The van der Waals surface area contributed by atoms with Crippen molar-refractivity contribution in [1.82, 2.24) is 10.0 Å². The molecule has 0 fully saturated rings. The number of sulfonamides is 1. The highest BCUT2D eigenvalue weighted by atomic mass is 32.2. The first kappa shape index (κ1) is 19.7. The Morgan fingerprint density at radius 1 is 1.04 bits per heavy atom. The quantitative estimate of drug-likeness (QED) is 0.540. The summed E-state index contributed by atoms with van der Waals surface area (Å²) in [6, 6.07) is 11.3. The molecule has 0 spiro atoms. The zero-order valence-corrected chi connectivity index (χ0v) is 15.0. The second-order valence-corrected chi connectivity index (χ2v) is 7.40. The minimum Gasteiger partial charge on any atom is -0.355 e. The maximum Gasteiger partial charge on any atom is 0.240 e. The summed E-state index contributed by atoms with van der Waals surface area (Å²) in [5.74, 6) is -0.901. The van der Waals surface area contributed by atoms with Gasteiger partial charge in [0.05, 0.1) is 11.3 Å². The molecule has 6 nitrogen and oxygen atoms in total. The molecule has 0 unspecified atom stereocenters. The van der Waals surface area contributed by atoms with Crippen LogP contribution >= 0.6 is 0 Å². The number of benzene rings is 2. The highest BCUT2D eigenvalue weighted by Gasteiger charge is 2.14. The largest absolute Gasteiger partial charge is 0.355 e. The minimum atomic E-state index is -3.73. The van der Waals surface area contributed by atoms with Gasteiger partial charge in [-0.3, -0.25) is 9.59 Å². The van der Waals surface area contributed by atoms with E-state index in [1.807, 2.05) is 0 Å². The number of halogens is 1. The predicted molar refractivity (Wildman–Crippen MR) is 94.7 cm³/mol. The summed E-state index contributed by atoms with van der Waals surface area (Å²) in [6.07, 6.45) is 0.0109. The third-order valence-electron chi connectivity index (χ3n) is 3.56. The molecule has 0 aliphatic rings. The summed E-state index contributed by atoms with van der Waals surface area (Å²) in [5, 5.41) is 2.57. The molecular formula is C18H19FN2O4S. The summed E-state index contributed by atoms with van der Waals surface area (Å²) >= 11 is 0. The van der Waals surface area contributed by atoms with E-state index in [4.69, 9.17) is 0 Å². The highest BCUT2D eigenvalue weighted by Crippen LogP contribution is 2.10. The lowest BCUT2D eigenvalue weighted by atomic mass is 10.1. The van der Waals surface area contributed by atoms with Gasteiger partial charge in [0.25, 0.3) is 0 Å². The monoisotopic (exact) mass is 378 g/mol. The molecule has 2 aromatic carbocycles. The maximum absolute atomic E-state index is 13.1. The van der Waals surface area contributed by atoms with Crippen LogP contribution in [0.3, 0.4) is 0 Å². The molecule has 0 aliphatic heterocycles. The fourth-order valence-corrected chi connectivity index (χ4v) is 3.27. The first-order valence-electron chi connectivity index (χ1n) is 7.90. The van der Waals surface area contributed by atoms with E-state index in [0.29, 0.717) is 11.1 Å². The Hall–Kier alpha value is -2.58. The molecule has 0 saturated heterocycles. The van der Waals surface area contributed by atoms with E-state index in [1.54, 1.807) is 6.07 Å². The lowest BCUT2D eigenvalue weighted by molar-refractivity contribution is -0.120. The van der Waals surface area contributed by atoms with E-state index >= 15 is 0 Å². The van der Waals surface area contributed by atoms with Crippen molar-refractivity contribution in [3.05, 3.63) is 65.5 Å². The van der Waals surface area contributed by atoms with Crippen LogP contribution in [-0.4, -0.2) is 33.2 Å². The third-order valence-corrected chi connectivity index (χ3v) is 5.04. The van der Waals surface area contributed by atoms with Gasteiger partial charge < -0.3 is 5.32 Å². The van der Waals surface area contributed by atoms with Crippen LogP contribution in [-0.2, 0) is 21.2 Å². The second-order valence-electron chi connectivity index (χ2n) is 5.63. The molecule has 0 saturated carbocycles. The van der Waals surface area contributed by atoms with Gasteiger partial charge in [-0.05, 0) is 36.8 Å². The van der Waals surface area contributed by atoms with Gasteiger partial charge in [0.1, 0.15) is 5.82 Å². The molecule has 0 aliphatic carbocycles. The van der Waals surface area contributed by atoms with Crippen LogP contribution in [0, 0.1) is 5.82 Å². The summed E-state index contributed by atoms with van der Waals surface area (Å²) in [7, 11) is -3.73. The van der Waals surface area contributed by atoms with E-state index in [-0.39, 0.29) is 36.1 Å². The molecule has 0 aromatic heterocycles. The molecule has 1 amide bonds. The van der Waals surface area contributed by atoms with Crippen LogP contribution in [0.2, 0.25) is 0 Å². The van der Waals surface area contributed by atoms with Crippen LogP contribution in [0.1, 0.15) is 22.8 Å². The number of hydrogen-bond acceptors (Lipinski definition) is 4. The van der Waals surface area contributed by atoms with Crippen molar-refractivity contribution in [2.75, 3.05) is 13.1 Å². The van der Waals surface area contributed by atoms with E-state index in [2.05, 4.69) is 10.0 Å². The summed E-state index contributed by atoms with van der Waals surface area (Å²) < 4.78 is 39.7. The number of Topliss-reactive ketones (excluding diaryl/α,β-unsaturated/α-hetero) is 1. The van der Waals surface area contributed by atoms with Crippen LogP contribution in [0.25, 0.3) is 0 Å². The van der Waals surface area contributed by atoms with Crippen molar-refractivity contribution in [1.29, 1.82) is 0 Å². The second kappa shape index (κ2) is 8.68. The summed E-state index contributed by atoms with van der Waals surface area (Å²) in [4.78, 5) is 23.0. The van der Waals surface area contributed by atoms with Crippen LogP contribution in [0.15, 0.2) is 53.4 Å². The van der Waals surface area contributed by atoms with Crippen molar-refractivity contribution in [2.45, 2.75) is 18.2 Å². The zero-order chi connectivity index (χ0) is 19.2. The van der Waals surface area contributed by atoms with Gasteiger partial charge in [-0.25, -0.2) is 17.5 Å². The molecule has 0 bridgehead atoms. The first-order chi connectivity index (χ1) is 12.3. The van der Waals surface area contributed by atoms with E-state index in [1.165, 1.54) is 49.4 Å². The van der Waals surface area contributed by atoms with Crippen LogP contribution in [0.4, 0.5) is 4.39 Å². The molecule has 0 radical (unpaired) electrons. The molecular weight excluding hydrogens is 359 g/mol. The van der Waals surface area contributed by atoms with Crippen molar-refractivity contribution >= 4 is 21.7 Å². The fraction of sp³-hybridized carbons (Fsp3) is 0.222. The first-order valence-corrected chi connectivity index (χ1v) is 9.38. The Morgan fingerprint density at radius 3 is 2.35 bits per heavy atom. The smallest absolute Gasteiger partial charge is 0.240 e. The summed E-state index contributed by atoms with van der Waals surface area (Å²) in [6.45, 7) is 1.50. The Bertz CT molecular complexity index is 896. The standard InChI is InChI=1S/C18H19FN2O4S/c1-13(22)15-5-7-17(8-6-15)26(24,25)21-10-9-20-18(23)12-14-3-2-4-16(19)11-14/h2-8,11,21H,9-10,12H2,1H3,(H,20,23). The van der Waals surface area contributed by atoms with Gasteiger partial charge in [-0.15, -0.1) is 0 Å². The van der Waals surface area contributed by atoms with Crippen LogP contribution in [0.5, 0.6) is 0 Å². The number of carbonyl (C=O) groups excluding carboxylic acids is 2. The van der Waals surface area contributed by atoms with Crippen molar-refractivity contribution in [2.24, 2.45) is 0 Å². The number of nitrogens with one attached hydrogen (secondary N) is 2. The van der Waals surface area contributed by atoms with Gasteiger partial charge in [0.15, 0.2) is 5.78 Å². The van der Waals surface area contributed by atoms with E-state index in [0.717, 1.165) is 0 Å². The molecule has 26 heavy (non-hydrogen) atoms. The Morgan fingerprint density at radius 2 is 1.73 bits per heavy atom. The number of rotatable bonds is 8. The number of ketones is 1. The molecule has 0 heterocycles. The van der Waals surface area contributed by atoms with Crippen molar-refractivity contribution in [3.8, 4) is 0 Å². The summed E-state index contributed by atoms with van der Waals surface area (Å²) in [5.41, 5.74) is 0.960. The lowest BCUT2D eigenvalue weighted by Crippen LogP contribution is -2.35. The van der Waals surface area contributed by atoms with Crippen molar-refractivity contribution < 1.29 is 22.4 Å². The number of amides is 1. The van der Waals surface area contributed by atoms with Gasteiger partial charge in [0, 0.05) is 18.7 Å². The number of hydrogen-bond donors (Lipinski definition) is 2.